The summed E-state index contributed by atoms with van der Waals surface area (Å²) in [6, 6.07) is 13.1. The third kappa shape index (κ3) is 6.00. The average Bonchev–Trinajstić information content (AvgIpc) is 3.19. The van der Waals surface area contributed by atoms with E-state index < -0.39 is 0 Å². The molecular weight excluding hydrogens is 594 g/mol. The Hall–Kier alpha value is -2.66. The summed E-state index contributed by atoms with van der Waals surface area (Å²) in [5.41, 5.74) is 1.93. The van der Waals surface area contributed by atoms with E-state index in [1.54, 1.807) is 26.2 Å². The summed E-state index contributed by atoms with van der Waals surface area (Å²) in [7, 11) is 1.60. The average molecular weight is 623 g/mol. The maximum atomic E-state index is 12.2. The van der Waals surface area contributed by atoms with Crippen LogP contribution in [-0.4, -0.2) is 62.3 Å². The van der Waals surface area contributed by atoms with E-state index in [9.17, 15) is 4.79 Å². The topological polar surface area (TPSA) is 86.1 Å². The number of carbonyl (C=O) groups excluding carboxylic acids is 1. The lowest BCUT2D eigenvalue weighted by atomic mass is 10.1. The number of amides is 1. The Morgan fingerprint density at radius 2 is 1.81 bits per heavy atom. The standard InChI is InChI=1S/C26H27N3O5.2BrH/c1-17-25(26(30)27-2)21-6-4-19(16-24(21)33-17)34-23-7-8-28-22-15-18(3-5-20(22)23)32-14-11-29-9-12-31-13-10-29;;/h3-8,15-16H,9-14H2,1-2H3,(H,27,30);2*1H. The van der Waals surface area contributed by atoms with Gasteiger partial charge in [-0.2, -0.15) is 0 Å². The fourth-order valence-electron chi connectivity index (χ4n) is 4.19. The third-order valence-electron chi connectivity index (χ3n) is 5.97. The normalized spacial score (nSPS) is 13.6. The molecule has 3 heterocycles. The van der Waals surface area contributed by atoms with Crippen LogP contribution in [0.4, 0.5) is 0 Å². The van der Waals surface area contributed by atoms with Crippen molar-refractivity contribution in [1.82, 2.24) is 15.2 Å². The molecule has 0 unspecified atom stereocenters. The Kier molecular flexibility index (Phi) is 9.72. The SMILES string of the molecule is Br.Br.CNC(=O)c1c(C)oc2cc(Oc3ccnc4cc(OCCN5CCOCC5)ccc34)ccc12. The van der Waals surface area contributed by atoms with E-state index in [-0.39, 0.29) is 39.9 Å². The second-order valence-electron chi connectivity index (χ2n) is 8.16. The highest BCUT2D eigenvalue weighted by atomic mass is 79.9. The van der Waals surface area contributed by atoms with Gasteiger partial charge in [-0.3, -0.25) is 14.7 Å². The first-order chi connectivity index (χ1) is 16.6. The molecule has 36 heavy (non-hydrogen) atoms. The Morgan fingerprint density at radius 1 is 1.06 bits per heavy atom. The Morgan fingerprint density at radius 3 is 2.58 bits per heavy atom. The number of carbonyl (C=O) groups is 1. The number of halogens is 2. The number of benzene rings is 2. The van der Waals surface area contributed by atoms with Crippen molar-refractivity contribution in [3.05, 3.63) is 60.0 Å². The van der Waals surface area contributed by atoms with Crippen LogP contribution >= 0.6 is 34.0 Å². The van der Waals surface area contributed by atoms with Crippen molar-refractivity contribution in [2.24, 2.45) is 0 Å². The van der Waals surface area contributed by atoms with Gasteiger partial charge in [-0.15, -0.1) is 34.0 Å². The van der Waals surface area contributed by atoms with Gasteiger partial charge in [0.05, 0.1) is 24.3 Å². The lowest BCUT2D eigenvalue weighted by Gasteiger charge is -2.26. The summed E-state index contributed by atoms with van der Waals surface area (Å²) in [4.78, 5) is 19.0. The van der Waals surface area contributed by atoms with Crippen molar-refractivity contribution >= 4 is 61.7 Å². The summed E-state index contributed by atoms with van der Waals surface area (Å²) in [6.45, 7) is 6.72. The van der Waals surface area contributed by atoms with Crippen LogP contribution in [-0.2, 0) is 4.74 Å². The maximum Gasteiger partial charge on any atom is 0.255 e. The Labute approximate surface area is 230 Å². The van der Waals surface area contributed by atoms with Gasteiger partial charge in [0.25, 0.3) is 5.91 Å². The summed E-state index contributed by atoms with van der Waals surface area (Å²) in [5.74, 6) is 2.47. The molecule has 0 saturated carbocycles. The number of fused-ring (bicyclic) bond motifs is 2. The molecule has 10 heteroatoms. The van der Waals surface area contributed by atoms with Crippen molar-refractivity contribution in [3.63, 3.8) is 0 Å². The van der Waals surface area contributed by atoms with Gasteiger partial charge in [0.2, 0.25) is 0 Å². The van der Waals surface area contributed by atoms with Crippen LogP contribution < -0.4 is 14.8 Å². The first kappa shape index (κ1) is 27.9. The molecule has 0 aliphatic carbocycles. The number of pyridine rings is 1. The first-order valence-corrected chi connectivity index (χ1v) is 11.4. The van der Waals surface area contributed by atoms with Crippen LogP contribution in [0.2, 0.25) is 0 Å². The largest absolute Gasteiger partial charge is 0.492 e. The van der Waals surface area contributed by atoms with E-state index in [0.29, 0.717) is 35.0 Å². The number of hydrogen-bond donors (Lipinski definition) is 1. The van der Waals surface area contributed by atoms with Crippen molar-refractivity contribution < 1.29 is 23.4 Å². The molecule has 192 valence electrons. The monoisotopic (exact) mass is 621 g/mol. The predicted octanol–water partition coefficient (Wildman–Crippen LogP) is 5.31. The van der Waals surface area contributed by atoms with E-state index >= 15 is 0 Å². The molecule has 0 spiro atoms. The Balaban J connectivity index is 0.00000180. The van der Waals surface area contributed by atoms with Gasteiger partial charge >= 0.3 is 0 Å². The molecule has 1 saturated heterocycles. The molecule has 1 amide bonds. The molecule has 5 rings (SSSR count). The second-order valence-corrected chi connectivity index (χ2v) is 8.16. The molecular formula is C26H29Br2N3O5. The van der Waals surface area contributed by atoms with E-state index in [2.05, 4.69) is 15.2 Å². The fraction of sp³-hybridized carbons (Fsp3) is 0.308. The summed E-state index contributed by atoms with van der Waals surface area (Å²) in [6.07, 6.45) is 1.72. The van der Waals surface area contributed by atoms with E-state index in [1.807, 2.05) is 36.4 Å². The minimum absolute atomic E-state index is 0. The lowest BCUT2D eigenvalue weighted by Crippen LogP contribution is -2.38. The smallest absolute Gasteiger partial charge is 0.255 e. The van der Waals surface area contributed by atoms with Gasteiger partial charge in [-0.05, 0) is 37.3 Å². The minimum Gasteiger partial charge on any atom is -0.492 e. The number of hydrogen-bond acceptors (Lipinski definition) is 7. The third-order valence-corrected chi connectivity index (χ3v) is 5.97. The zero-order valence-corrected chi connectivity index (χ0v) is 23.5. The Bertz CT molecular complexity index is 1340. The highest BCUT2D eigenvalue weighted by molar-refractivity contribution is 8.93. The maximum absolute atomic E-state index is 12.2. The highest BCUT2D eigenvalue weighted by Crippen LogP contribution is 2.34. The van der Waals surface area contributed by atoms with Gasteiger partial charge in [-0.25, -0.2) is 0 Å². The van der Waals surface area contributed by atoms with Crippen molar-refractivity contribution in [2.45, 2.75) is 6.92 Å². The summed E-state index contributed by atoms with van der Waals surface area (Å²) in [5, 5.41) is 4.29. The number of aryl methyl sites for hydroxylation is 1. The van der Waals surface area contributed by atoms with Crippen LogP contribution in [0.5, 0.6) is 17.2 Å². The van der Waals surface area contributed by atoms with Crippen LogP contribution in [0.1, 0.15) is 16.1 Å². The number of rotatable bonds is 7. The molecule has 1 N–H and O–H groups in total. The van der Waals surface area contributed by atoms with Gasteiger partial charge < -0.3 is 23.9 Å². The highest BCUT2D eigenvalue weighted by Gasteiger charge is 2.18. The van der Waals surface area contributed by atoms with Crippen LogP contribution in [0, 0.1) is 6.92 Å². The number of nitrogens with zero attached hydrogens (tertiary/aromatic N) is 2. The molecule has 4 aromatic rings. The van der Waals surface area contributed by atoms with Crippen molar-refractivity contribution in [2.75, 3.05) is 46.5 Å². The molecule has 0 atom stereocenters. The molecule has 1 fully saturated rings. The van der Waals surface area contributed by atoms with Crippen molar-refractivity contribution in [1.29, 1.82) is 0 Å². The zero-order chi connectivity index (χ0) is 23.5. The lowest BCUT2D eigenvalue weighted by molar-refractivity contribution is 0.0322. The molecule has 0 radical (unpaired) electrons. The summed E-state index contributed by atoms with van der Waals surface area (Å²) < 4.78 is 23.3. The summed E-state index contributed by atoms with van der Waals surface area (Å²) >= 11 is 0. The van der Waals surface area contributed by atoms with E-state index in [1.165, 1.54) is 0 Å². The van der Waals surface area contributed by atoms with E-state index in [0.717, 1.165) is 54.9 Å². The van der Waals surface area contributed by atoms with Crippen LogP contribution in [0.3, 0.4) is 0 Å². The number of morpholine rings is 1. The minimum atomic E-state index is -0.173. The predicted molar refractivity (Wildman–Crippen MR) is 150 cm³/mol. The van der Waals surface area contributed by atoms with Crippen LogP contribution in [0.15, 0.2) is 53.1 Å². The number of furan rings is 1. The second kappa shape index (κ2) is 12.5. The number of ether oxygens (including phenoxy) is 3. The molecule has 1 aliphatic heterocycles. The number of aromatic nitrogens is 1. The first-order valence-electron chi connectivity index (χ1n) is 11.4. The molecule has 8 nitrogen and oxygen atoms in total. The van der Waals surface area contributed by atoms with Gasteiger partial charge in [0, 0.05) is 55.8 Å². The van der Waals surface area contributed by atoms with Crippen molar-refractivity contribution in [3.8, 4) is 17.2 Å². The zero-order valence-electron chi connectivity index (χ0n) is 20.1. The van der Waals surface area contributed by atoms with Gasteiger partial charge in [0.1, 0.15) is 35.2 Å². The molecule has 1 aliphatic rings. The van der Waals surface area contributed by atoms with E-state index in [4.69, 9.17) is 18.6 Å². The molecule has 2 aromatic heterocycles. The fourth-order valence-corrected chi connectivity index (χ4v) is 4.19. The van der Waals surface area contributed by atoms with Gasteiger partial charge in [0.15, 0.2) is 0 Å². The van der Waals surface area contributed by atoms with Crippen LogP contribution in [0.25, 0.3) is 21.9 Å². The molecule has 0 bridgehead atoms. The molecule has 2 aromatic carbocycles. The van der Waals surface area contributed by atoms with Gasteiger partial charge in [-0.1, -0.05) is 0 Å². The number of nitrogens with one attached hydrogen (secondary N) is 1. The quantitative estimate of drug-likeness (QED) is 0.299.